The van der Waals surface area contributed by atoms with Gasteiger partial charge in [-0.3, -0.25) is 0 Å². The lowest BCUT2D eigenvalue weighted by Gasteiger charge is -2.14. The van der Waals surface area contributed by atoms with Crippen LogP contribution in [0.3, 0.4) is 0 Å². The van der Waals surface area contributed by atoms with Crippen molar-refractivity contribution in [1.82, 2.24) is 19.6 Å². The van der Waals surface area contributed by atoms with Crippen LogP contribution in [0.5, 0.6) is 0 Å². The first kappa shape index (κ1) is 13.4. The molecule has 0 unspecified atom stereocenters. The van der Waals surface area contributed by atoms with Gasteiger partial charge in [-0.05, 0) is 25.5 Å². The van der Waals surface area contributed by atoms with Gasteiger partial charge in [-0.15, -0.1) is 0 Å². The van der Waals surface area contributed by atoms with Crippen molar-refractivity contribution in [3.63, 3.8) is 0 Å². The number of aromatic nitrogens is 4. The molecule has 3 rings (SSSR count). The van der Waals surface area contributed by atoms with Crippen molar-refractivity contribution in [1.29, 1.82) is 0 Å². The highest BCUT2D eigenvalue weighted by molar-refractivity contribution is 5.62. The third-order valence-electron chi connectivity index (χ3n) is 3.27. The molecule has 0 fully saturated rings. The Labute approximate surface area is 119 Å². The molecule has 0 bridgehead atoms. The second-order valence-corrected chi connectivity index (χ2v) is 4.60. The molecule has 21 heavy (non-hydrogen) atoms. The van der Waals surface area contributed by atoms with Crippen LogP contribution in [-0.4, -0.2) is 19.6 Å². The van der Waals surface area contributed by atoms with E-state index in [1.165, 1.54) is 12.4 Å². The quantitative estimate of drug-likeness (QED) is 0.805. The monoisotopic (exact) mass is 289 g/mol. The number of hydrogen-bond acceptors (Lipinski definition) is 4. The number of benzene rings is 1. The normalized spacial score (nSPS) is 11.0. The molecule has 0 spiro atoms. The minimum absolute atomic E-state index is 0.436. The summed E-state index contributed by atoms with van der Waals surface area (Å²) < 4.78 is 27.9. The number of nitrogens with zero attached hydrogens (tertiary/aromatic N) is 4. The van der Waals surface area contributed by atoms with Crippen molar-refractivity contribution in [2.45, 2.75) is 20.3 Å². The summed E-state index contributed by atoms with van der Waals surface area (Å²) in [6.45, 7) is 3.87. The Morgan fingerprint density at radius 2 is 2.05 bits per heavy atom. The summed E-state index contributed by atoms with van der Waals surface area (Å²) in [6.07, 6.45) is 2.12. The third-order valence-corrected chi connectivity index (χ3v) is 3.27. The second kappa shape index (κ2) is 5.08. The SMILES string of the molecule is CCc1c(C)nc2ncnn2c1Nc1ccc(F)c(F)c1. The Kier molecular flexibility index (Phi) is 3.25. The maximum Gasteiger partial charge on any atom is 0.254 e. The van der Waals surface area contributed by atoms with Crippen LogP contribution in [0.2, 0.25) is 0 Å². The molecular weight excluding hydrogens is 276 g/mol. The van der Waals surface area contributed by atoms with Gasteiger partial charge in [0.15, 0.2) is 11.6 Å². The Morgan fingerprint density at radius 3 is 2.76 bits per heavy atom. The first-order valence-corrected chi connectivity index (χ1v) is 6.51. The molecule has 0 aliphatic rings. The molecule has 0 radical (unpaired) electrons. The van der Waals surface area contributed by atoms with Crippen molar-refractivity contribution in [3.05, 3.63) is 47.4 Å². The minimum Gasteiger partial charge on any atom is -0.340 e. The summed E-state index contributed by atoms with van der Waals surface area (Å²) in [5, 5.41) is 7.19. The maximum atomic E-state index is 13.3. The third kappa shape index (κ3) is 2.31. The summed E-state index contributed by atoms with van der Waals surface area (Å²) in [5.41, 5.74) is 2.20. The predicted octanol–water partition coefficient (Wildman–Crippen LogP) is 3.02. The number of halogens is 2. The van der Waals surface area contributed by atoms with Crippen LogP contribution in [0, 0.1) is 18.6 Å². The minimum atomic E-state index is -0.904. The highest BCUT2D eigenvalue weighted by Gasteiger charge is 2.14. The van der Waals surface area contributed by atoms with Gasteiger partial charge in [-0.25, -0.2) is 13.8 Å². The van der Waals surface area contributed by atoms with Crippen LogP contribution in [0.1, 0.15) is 18.2 Å². The van der Waals surface area contributed by atoms with Crippen molar-refractivity contribution in [2.75, 3.05) is 5.32 Å². The molecule has 5 nitrogen and oxygen atoms in total. The molecule has 0 aliphatic carbocycles. The van der Waals surface area contributed by atoms with Gasteiger partial charge in [-0.1, -0.05) is 6.92 Å². The van der Waals surface area contributed by atoms with E-state index in [9.17, 15) is 8.78 Å². The van der Waals surface area contributed by atoms with Crippen molar-refractivity contribution >= 4 is 17.3 Å². The van der Waals surface area contributed by atoms with E-state index in [0.29, 0.717) is 17.3 Å². The average molecular weight is 289 g/mol. The highest BCUT2D eigenvalue weighted by atomic mass is 19.2. The fourth-order valence-corrected chi connectivity index (χ4v) is 2.25. The zero-order valence-electron chi connectivity index (χ0n) is 11.6. The molecular formula is C14H13F2N5. The smallest absolute Gasteiger partial charge is 0.254 e. The van der Waals surface area contributed by atoms with Crippen LogP contribution >= 0.6 is 0 Å². The summed E-state index contributed by atoms with van der Waals surface area (Å²) in [5.74, 6) is -0.676. The summed E-state index contributed by atoms with van der Waals surface area (Å²) in [7, 11) is 0. The molecule has 2 aromatic heterocycles. The molecule has 7 heteroatoms. The van der Waals surface area contributed by atoms with Crippen molar-refractivity contribution < 1.29 is 8.78 Å². The standard InChI is InChI=1S/C14H13F2N5/c1-3-10-8(2)19-14-17-7-18-21(14)13(10)20-9-4-5-11(15)12(16)6-9/h4-7,20H,3H2,1-2H3. The van der Waals surface area contributed by atoms with Gasteiger partial charge in [0.05, 0.1) is 0 Å². The van der Waals surface area contributed by atoms with Crippen molar-refractivity contribution in [2.24, 2.45) is 0 Å². The molecule has 3 aromatic rings. The first-order chi connectivity index (χ1) is 10.1. The van der Waals surface area contributed by atoms with Gasteiger partial charge in [0, 0.05) is 23.0 Å². The van der Waals surface area contributed by atoms with Crippen LogP contribution in [0.15, 0.2) is 24.5 Å². The van der Waals surface area contributed by atoms with E-state index in [-0.39, 0.29) is 0 Å². The van der Waals surface area contributed by atoms with Crippen LogP contribution in [0.25, 0.3) is 5.78 Å². The summed E-state index contributed by atoms with van der Waals surface area (Å²) in [4.78, 5) is 8.41. The zero-order valence-corrected chi connectivity index (χ0v) is 11.6. The van der Waals surface area contributed by atoms with E-state index in [4.69, 9.17) is 0 Å². The Morgan fingerprint density at radius 1 is 1.24 bits per heavy atom. The fraction of sp³-hybridized carbons (Fsp3) is 0.214. The lowest BCUT2D eigenvalue weighted by atomic mass is 10.1. The molecule has 1 aromatic carbocycles. The van der Waals surface area contributed by atoms with Gasteiger partial charge in [-0.2, -0.15) is 14.6 Å². The molecule has 1 N–H and O–H groups in total. The average Bonchev–Trinajstić information content (AvgIpc) is 2.91. The summed E-state index contributed by atoms with van der Waals surface area (Å²) in [6, 6.07) is 3.65. The number of hydrogen-bond donors (Lipinski definition) is 1. The molecule has 0 aliphatic heterocycles. The van der Waals surface area contributed by atoms with Crippen molar-refractivity contribution in [3.8, 4) is 0 Å². The van der Waals surface area contributed by atoms with Gasteiger partial charge in [0.2, 0.25) is 0 Å². The van der Waals surface area contributed by atoms with E-state index < -0.39 is 11.6 Å². The van der Waals surface area contributed by atoms with Crippen LogP contribution in [0.4, 0.5) is 20.3 Å². The second-order valence-electron chi connectivity index (χ2n) is 4.60. The number of rotatable bonds is 3. The number of fused-ring (bicyclic) bond motifs is 1. The predicted molar refractivity (Wildman–Crippen MR) is 74.5 cm³/mol. The fourth-order valence-electron chi connectivity index (χ4n) is 2.25. The molecule has 0 atom stereocenters. The lowest BCUT2D eigenvalue weighted by Crippen LogP contribution is -2.08. The van der Waals surface area contributed by atoms with Gasteiger partial charge < -0.3 is 5.32 Å². The topological polar surface area (TPSA) is 55.1 Å². The van der Waals surface area contributed by atoms with Gasteiger partial charge in [0.1, 0.15) is 12.1 Å². The first-order valence-electron chi connectivity index (χ1n) is 6.51. The maximum absolute atomic E-state index is 13.3. The molecule has 0 saturated carbocycles. The van der Waals surface area contributed by atoms with E-state index in [0.717, 1.165) is 29.8 Å². The molecule has 2 heterocycles. The molecule has 0 saturated heterocycles. The largest absolute Gasteiger partial charge is 0.340 e. The zero-order chi connectivity index (χ0) is 15.0. The van der Waals surface area contributed by atoms with Crippen LogP contribution < -0.4 is 5.32 Å². The van der Waals surface area contributed by atoms with Gasteiger partial charge in [0.25, 0.3) is 5.78 Å². The van der Waals surface area contributed by atoms with E-state index >= 15 is 0 Å². The number of anilines is 2. The molecule has 0 amide bonds. The Balaban J connectivity index is 2.14. The van der Waals surface area contributed by atoms with Gasteiger partial charge >= 0.3 is 0 Å². The van der Waals surface area contributed by atoms with E-state index in [1.807, 2.05) is 13.8 Å². The Hall–Kier alpha value is -2.57. The molecule has 108 valence electrons. The Bertz CT molecular complexity index is 812. The number of nitrogens with one attached hydrogen (secondary N) is 1. The van der Waals surface area contributed by atoms with E-state index in [2.05, 4.69) is 20.4 Å². The summed E-state index contributed by atoms with van der Waals surface area (Å²) >= 11 is 0. The lowest BCUT2D eigenvalue weighted by molar-refractivity contribution is 0.509. The van der Waals surface area contributed by atoms with E-state index in [1.54, 1.807) is 4.52 Å². The highest BCUT2D eigenvalue weighted by Crippen LogP contribution is 2.24. The number of aryl methyl sites for hydroxylation is 1. The van der Waals surface area contributed by atoms with Crippen LogP contribution in [-0.2, 0) is 6.42 Å².